The number of nitrogens with one attached hydrogen (secondary N) is 2. The summed E-state index contributed by atoms with van der Waals surface area (Å²) in [5.41, 5.74) is 1.40. The van der Waals surface area contributed by atoms with E-state index >= 15 is 0 Å². The molecule has 0 bridgehead atoms. The van der Waals surface area contributed by atoms with Gasteiger partial charge in [-0.05, 0) is 6.07 Å². The number of benzene rings is 2. The van der Waals surface area contributed by atoms with Crippen molar-refractivity contribution in [1.82, 2.24) is 5.32 Å². The number of hydrogen-bond acceptors (Lipinski definition) is 5. The van der Waals surface area contributed by atoms with Crippen LogP contribution in [0.15, 0.2) is 36.4 Å². The lowest BCUT2D eigenvalue weighted by atomic mass is 10.2. The van der Waals surface area contributed by atoms with Gasteiger partial charge in [0.05, 0.1) is 34.1 Å². The molecule has 0 aliphatic heterocycles. The van der Waals surface area contributed by atoms with Crippen LogP contribution in [0.1, 0.15) is 5.56 Å². The van der Waals surface area contributed by atoms with E-state index in [2.05, 4.69) is 10.6 Å². The molecule has 25 heavy (non-hydrogen) atoms. The van der Waals surface area contributed by atoms with Gasteiger partial charge in [-0.1, -0.05) is 18.2 Å². The maximum atomic E-state index is 12.2. The van der Waals surface area contributed by atoms with E-state index in [0.29, 0.717) is 29.5 Å². The fourth-order valence-corrected chi connectivity index (χ4v) is 2.35. The summed E-state index contributed by atoms with van der Waals surface area (Å²) in [7, 11) is 6.15. The molecule has 0 aliphatic rings. The summed E-state index contributed by atoms with van der Waals surface area (Å²) in [6, 6.07) is 10.4. The highest BCUT2D eigenvalue weighted by Gasteiger charge is 2.14. The molecule has 2 amide bonds. The van der Waals surface area contributed by atoms with Gasteiger partial charge in [0.2, 0.25) is 5.75 Å². The smallest absolute Gasteiger partial charge is 0.319 e. The molecule has 0 unspecified atom stereocenters. The minimum absolute atomic E-state index is 0.334. The summed E-state index contributed by atoms with van der Waals surface area (Å²) in [4.78, 5) is 12.2. The minimum Gasteiger partial charge on any atom is -0.496 e. The first-order valence-corrected chi connectivity index (χ1v) is 7.59. The topological polar surface area (TPSA) is 78.1 Å². The Balaban J connectivity index is 2.07. The summed E-state index contributed by atoms with van der Waals surface area (Å²) in [5.74, 6) is 2.10. The lowest BCUT2D eigenvalue weighted by molar-refractivity contribution is 0.251. The van der Waals surface area contributed by atoms with Crippen LogP contribution in [0, 0.1) is 0 Å². The lowest BCUT2D eigenvalue weighted by Gasteiger charge is -2.15. The third-order valence-electron chi connectivity index (χ3n) is 3.55. The van der Waals surface area contributed by atoms with E-state index in [0.717, 1.165) is 11.3 Å². The maximum Gasteiger partial charge on any atom is 0.319 e. The second kappa shape index (κ2) is 8.68. The zero-order chi connectivity index (χ0) is 18.2. The molecule has 0 radical (unpaired) electrons. The number of ether oxygens (including phenoxy) is 4. The van der Waals surface area contributed by atoms with Crippen molar-refractivity contribution in [3.05, 3.63) is 42.0 Å². The Kier molecular flexibility index (Phi) is 6.33. The van der Waals surface area contributed by atoms with E-state index < -0.39 is 0 Å². The number of carbonyl (C=O) groups excluding carboxylic acids is 1. The lowest BCUT2D eigenvalue weighted by Crippen LogP contribution is -2.28. The average Bonchev–Trinajstić information content (AvgIpc) is 2.65. The van der Waals surface area contributed by atoms with Crippen LogP contribution in [0.3, 0.4) is 0 Å². The van der Waals surface area contributed by atoms with Crippen LogP contribution < -0.4 is 29.6 Å². The van der Waals surface area contributed by atoms with Gasteiger partial charge in [-0.15, -0.1) is 0 Å². The Morgan fingerprint density at radius 2 is 1.48 bits per heavy atom. The maximum absolute atomic E-state index is 12.2. The number of urea groups is 1. The third kappa shape index (κ3) is 4.47. The molecular weight excluding hydrogens is 324 g/mol. The zero-order valence-corrected chi connectivity index (χ0v) is 14.7. The van der Waals surface area contributed by atoms with Gasteiger partial charge in [-0.2, -0.15) is 0 Å². The Labute approximate surface area is 146 Å². The standard InChI is InChI=1S/C18H22N2O5/c1-22-14-8-6-5-7-12(14)11-19-18(21)20-13-9-15(23-2)17(25-4)16(10-13)24-3/h5-10H,11H2,1-4H3,(H2,19,20,21). The van der Waals surface area contributed by atoms with Gasteiger partial charge in [0.1, 0.15) is 5.75 Å². The summed E-state index contributed by atoms with van der Waals surface area (Å²) in [6.07, 6.45) is 0. The quantitative estimate of drug-likeness (QED) is 0.806. The van der Waals surface area contributed by atoms with Gasteiger partial charge >= 0.3 is 6.03 Å². The van der Waals surface area contributed by atoms with Crippen molar-refractivity contribution in [2.24, 2.45) is 0 Å². The van der Waals surface area contributed by atoms with Crippen molar-refractivity contribution < 1.29 is 23.7 Å². The molecule has 7 nitrogen and oxygen atoms in total. The molecule has 0 spiro atoms. The van der Waals surface area contributed by atoms with Crippen LogP contribution in [0.4, 0.5) is 10.5 Å². The van der Waals surface area contributed by atoms with Crippen LogP contribution >= 0.6 is 0 Å². The molecule has 0 aliphatic carbocycles. The van der Waals surface area contributed by atoms with Crippen molar-refractivity contribution >= 4 is 11.7 Å². The van der Waals surface area contributed by atoms with Crippen LogP contribution in [0.5, 0.6) is 23.0 Å². The first-order chi connectivity index (χ1) is 12.1. The molecule has 0 saturated carbocycles. The molecule has 2 rings (SSSR count). The van der Waals surface area contributed by atoms with Gasteiger partial charge in [-0.25, -0.2) is 4.79 Å². The van der Waals surface area contributed by atoms with Crippen LogP contribution in [0.2, 0.25) is 0 Å². The molecule has 2 aromatic rings. The molecule has 2 aromatic carbocycles. The van der Waals surface area contributed by atoms with Gasteiger partial charge in [0.25, 0.3) is 0 Å². The Hall–Kier alpha value is -3.09. The number of anilines is 1. The molecule has 0 saturated heterocycles. The van der Waals surface area contributed by atoms with Crippen molar-refractivity contribution in [3.63, 3.8) is 0 Å². The van der Waals surface area contributed by atoms with E-state index in [-0.39, 0.29) is 6.03 Å². The second-order valence-corrected chi connectivity index (χ2v) is 5.03. The predicted molar refractivity (Wildman–Crippen MR) is 95.0 cm³/mol. The summed E-state index contributed by atoms with van der Waals surface area (Å²) in [6.45, 7) is 0.334. The minimum atomic E-state index is -0.361. The van der Waals surface area contributed by atoms with E-state index in [4.69, 9.17) is 18.9 Å². The average molecular weight is 346 g/mol. The van der Waals surface area contributed by atoms with E-state index in [1.807, 2.05) is 24.3 Å². The van der Waals surface area contributed by atoms with Crippen LogP contribution in [-0.4, -0.2) is 34.5 Å². The van der Waals surface area contributed by atoms with Crippen molar-refractivity contribution in [2.45, 2.75) is 6.54 Å². The van der Waals surface area contributed by atoms with Crippen molar-refractivity contribution in [3.8, 4) is 23.0 Å². The molecule has 2 N–H and O–H groups in total. The monoisotopic (exact) mass is 346 g/mol. The molecule has 7 heteroatoms. The third-order valence-corrected chi connectivity index (χ3v) is 3.55. The van der Waals surface area contributed by atoms with E-state index in [1.54, 1.807) is 19.2 Å². The number of methoxy groups -OCH3 is 4. The highest BCUT2D eigenvalue weighted by molar-refractivity contribution is 5.90. The largest absolute Gasteiger partial charge is 0.496 e. The highest BCUT2D eigenvalue weighted by Crippen LogP contribution is 2.39. The molecule has 0 heterocycles. The number of carbonyl (C=O) groups is 1. The first-order valence-electron chi connectivity index (χ1n) is 7.59. The molecular formula is C18H22N2O5. The fraction of sp³-hybridized carbons (Fsp3) is 0.278. The summed E-state index contributed by atoms with van der Waals surface area (Å²) in [5, 5.41) is 5.53. The van der Waals surface area contributed by atoms with Crippen LogP contribution in [0.25, 0.3) is 0 Å². The number of rotatable bonds is 7. The van der Waals surface area contributed by atoms with E-state index in [9.17, 15) is 4.79 Å². The number of amides is 2. The van der Waals surface area contributed by atoms with E-state index in [1.165, 1.54) is 21.3 Å². The van der Waals surface area contributed by atoms with Gasteiger partial charge in [0.15, 0.2) is 11.5 Å². The van der Waals surface area contributed by atoms with Crippen molar-refractivity contribution in [1.29, 1.82) is 0 Å². The van der Waals surface area contributed by atoms with Gasteiger partial charge in [0, 0.05) is 24.2 Å². The van der Waals surface area contributed by atoms with Crippen LogP contribution in [-0.2, 0) is 6.54 Å². The predicted octanol–water partition coefficient (Wildman–Crippen LogP) is 3.04. The highest BCUT2D eigenvalue weighted by atomic mass is 16.5. The first kappa shape index (κ1) is 18.3. The fourth-order valence-electron chi connectivity index (χ4n) is 2.35. The normalized spacial score (nSPS) is 9.92. The Bertz CT molecular complexity index is 708. The Morgan fingerprint density at radius 3 is 2.04 bits per heavy atom. The summed E-state index contributed by atoms with van der Waals surface area (Å²) >= 11 is 0. The molecule has 0 atom stereocenters. The van der Waals surface area contributed by atoms with Gasteiger partial charge < -0.3 is 29.6 Å². The second-order valence-electron chi connectivity index (χ2n) is 5.03. The Morgan fingerprint density at radius 1 is 0.880 bits per heavy atom. The van der Waals surface area contributed by atoms with Gasteiger partial charge in [-0.3, -0.25) is 0 Å². The number of para-hydroxylation sites is 1. The van der Waals surface area contributed by atoms with Crippen molar-refractivity contribution in [2.75, 3.05) is 33.8 Å². The molecule has 0 aromatic heterocycles. The number of hydrogen-bond donors (Lipinski definition) is 2. The molecule has 134 valence electrons. The molecule has 0 fully saturated rings. The zero-order valence-electron chi connectivity index (χ0n) is 14.7. The summed E-state index contributed by atoms with van der Waals surface area (Å²) < 4.78 is 21.1. The SMILES string of the molecule is COc1ccccc1CNC(=O)Nc1cc(OC)c(OC)c(OC)c1.